The fraction of sp³-hybridized carbons (Fsp3) is 0.889. The second-order valence-electron chi connectivity index (χ2n) is 3.53. The average Bonchev–Trinajstić information content (AvgIpc) is 2.05. The number of carbonyl (C=O) groups is 1. The van der Waals surface area contributed by atoms with Crippen LogP contribution in [-0.2, 0) is 4.79 Å². The highest BCUT2D eigenvalue weighted by molar-refractivity contribution is 5.85. The standard InChI is InChI=1S/C9H17NO/c1-7(10)9(11)8-5-3-2-4-6-8/h7-8H,2-6,10H2,1H3/t7-/m0/s1. The third-order valence-electron chi connectivity index (χ3n) is 2.46. The molecular formula is C9H17NO. The smallest absolute Gasteiger partial charge is 0.152 e. The maximum atomic E-state index is 11.4. The van der Waals surface area contributed by atoms with E-state index in [1.54, 1.807) is 6.92 Å². The summed E-state index contributed by atoms with van der Waals surface area (Å²) < 4.78 is 0. The maximum absolute atomic E-state index is 11.4. The fourth-order valence-electron chi connectivity index (χ4n) is 1.76. The Morgan fingerprint density at radius 1 is 1.36 bits per heavy atom. The number of Topliss-reactive ketones (excluding diaryl/α,β-unsaturated/α-hetero) is 1. The second kappa shape index (κ2) is 3.86. The molecule has 1 fully saturated rings. The summed E-state index contributed by atoms with van der Waals surface area (Å²) in [7, 11) is 0. The molecule has 0 bridgehead atoms. The van der Waals surface area contributed by atoms with Gasteiger partial charge in [0.25, 0.3) is 0 Å². The van der Waals surface area contributed by atoms with E-state index in [4.69, 9.17) is 5.73 Å². The molecular weight excluding hydrogens is 138 g/mol. The molecule has 64 valence electrons. The minimum absolute atomic E-state index is 0.252. The summed E-state index contributed by atoms with van der Waals surface area (Å²) in [4.78, 5) is 11.4. The van der Waals surface area contributed by atoms with Crippen molar-refractivity contribution in [1.82, 2.24) is 0 Å². The number of hydrogen-bond donors (Lipinski definition) is 1. The van der Waals surface area contributed by atoms with E-state index in [9.17, 15) is 4.79 Å². The van der Waals surface area contributed by atoms with Crippen LogP contribution in [0, 0.1) is 5.92 Å². The van der Waals surface area contributed by atoms with E-state index < -0.39 is 0 Å². The van der Waals surface area contributed by atoms with Crippen molar-refractivity contribution in [2.45, 2.75) is 45.1 Å². The lowest BCUT2D eigenvalue weighted by Crippen LogP contribution is -2.33. The number of rotatable bonds is 2. The van der Waals surface area contributed by atoms with Crippen molar-refractivity contribution >= 4 is 5.78 Å². The van der Waals surface area contributed by atoms with Crippen molar-refractivity contribution in [3.8, 4) is 0 Å². The molecule has 1 aliphatic rings. The number of nitrogens with two attached hydrogens (primary N) is 1. The minimum Gasteiger partial charge on any atom is -0.322 e. The Labute approximate surface area is 68.2 Å². The Morgan fingerprint density at radius 3 is 2.36 bits per heavy atom. The highest BCUT2D eigenvalue weighted by Gasteiger charge is 2.22. The molecule has 0 aromatic heterocycles. The van der Waals surface area contributed by atoms with Gasteiger partial charge in [-0.3, -0.25) is 4.79 Å². The zero-order valence-electron chi connectivity index (χ0n) is 7.18. The van der Waals surface area contributed by atoms with Crippen LogP contribution in [-0.4, -0.2) is 11.8 Å². The first-order valence-electron chi connectivity index (χ1n) is 4.51. The van der Waals surface area contributed by atoms with Crippen molar-refractivity contribution in [1.29, 1.82) is 0 Å². The predicted molar refractivity (Wildman–Crippen MR) is 45.2 cm³/mol. The van der Waals surface area contributed by atoms with Gasteiger partial charge in [0.15, 0.2) is 5.78 Å². The van der Waals surface area contributed by atoms with E-state index >= 15 is 0 Å². The van der Waals surface area contributed by atoms with Crippen LogP contribution in [0.4, 0.5) is 0 Å². The summed E-state index contributed by atoms with van der Waals surface area (Å²) in [5.74, 6) is 0.549. The van der Waals surface area contributed by atoms with E-state index in [0.29, 0.717) is 0 Å². The fourth-order valence-corrected chi connectivity index (χ4v) is 1.76. The molecule has 0 aliphatic heterocycles. The molecule has 0 amide bonds. The van der Waals surface area contributed by atoms with Gasteiger partial charge in [-0.1, -0.05) is 19.3 Å². The van der Waals surface area contributed by atoms with Crippen molar-refractivity contribution in [3.05, 3.63) is 0 Å². The summed E-state index contributed by atoms with van der Waals surface area (Å²) in [6.45, 7) is 1.79. The Hall–Kier alpha value is -0.370. The third kappa shape index (κ3) is 2.29. The van der Waals surface area contributed by atoms with E-state index in [2.05, 4.69) is 0 Å². The lowest BCUT2D eigenvalue weighted by Gasteiger charge is -2.21. The molecule has 0 heterocycles. The second-order valence-corrected chi connectivity index (χ2v) is 3.53. The van der Waals surface area contributed by atoms with Crippen molar-refractivity contribution in [2.24, 2.45) is 11.7 Å². The molecule has 0 aromatic rings. The summed E-state index contributed by atoms with van der Waals surface area (Å²) in [5.41, 5.74) is 5.52. The van der Waals surface area contributed by atoms with Gasteiger partial charge in [0, 0.05) is 5.92 Å². The first kappa shape index (κ1) is 8.72. The molecule has 2 N–H and O–H groups in total. The highest BCUT2D eigenvalue weighted by atomic mass is 16.1. The van der Waals surface area contributed by atoms with Crippen molar-refractivity contribution < 1.29 is 4.79 Å². The molecule has 2 heteroatoms. The van der Waals surface area contributed by atoms with Gasteiger partial charge >= 0.3 is 0 Å². The molecule has 1 saturated carbocycles. The van der Waals surface area contributed by atoms with Gasteiger partial charge in [-0.15, -0.1) is 0 Å². The van der Waals surface area contributed by atoms with E-state index in [1.165, 1.54) is 19.3 Å². The molecule has 0 aromatic carbocycles. The summed E-state index contributed by atoms with van der Waals surface area (Å²) >= 11 is 0. The van der Waals surface area contributed by atoms with Crippen molar-refractivity contribution in [2.75, 3.05) is 0 Å². The maximum Gasteiger partial charge on any atom is 0.152 e. The SMILES string of the molecule is C[C@H](N)C(=O)C1CCCCC1. The Kier molecular flexibility index (Phi) is 3.06. The van der Waals surface area contributed by atoms with E-state index in [-0.39, 0.29) is 17.7 Å². The highest BCUT2D eigenvalue weighted by Crippen LogP contribution is 2.24. The van der Waals surface area contributed by atoms with Crippen LogP contribution >= 0.6 is 0 Å². The summed E-state index contributed by atoms with van der Waals surface area (Å²) in [6.07, 6.45) is 5.86. The Bertz CT molecular complexity index is 136. The van der Waals surface area contributed by atoms with Crippen LogP contribution in [0.5, 0.6) is 0 Å². The molecule has 2 nitrogen and oxygen atoms in total. The van der Waals surface area contributed by atoms with Crippen molar-refractivity contribution in [3.63, 3.8) is 0 Å². The first-order chi connectivity index (χ1) is 5.22. The number of hydrogen-bond acceptors (Lipinski definition) is 2. The topological polar surface area (TPSA) is 43.1 Å². The van der Waals surface area contributed by atoms with Gasteiger partial charge < -0.3 is 5.73 Å². The minimum atomic E-state index is -0.252. The zero-order valence-corrected chi connectivity index (χ0v) is 7.18. The van der Waals surface area contributed by atoms with Crippen LogP contribution < -0.4 is 5.73 Å². The van der Waals surface area contributed by atoms with Gasteiger partial charge in [-0.25, -0.2) is 0 Å². The van der Waals surface area contributed by atoms with Crippen LogP contribution in [0.25, 0.3) is 0 Å². The molecule has 1 atom stereocenters. The van der Waals surface area contributed by atoms with Crippen LogP contribution in [0.1, 0.15) is 39.0 Å². The number of carbonyl (C=O) groups excluding carboxylic acids is 1. The molecule has 0 radical (unpaired) electrons. The quantitative estimate of drug-likeness (QED) is 0.656. The van der Waals surface area contributed by atoms with E-state index in [1.807, 2.05) is 0 Å². The van der Waals surface area contributed by atoms with Crippen LogP contribution in [0.3, 0.4) is 0 Å². The van der Waals surface area contributed by atoms with Crippen LogP contribution in [0.15, 0.2) is 0 Å². The van der Waals surface area contributed by atoms with Gasteiger partial charge in [0.1, 0.15) is 0 Å². The zero-order chi connectivity index (χ0) is 8.27. The molecule has 11 heavy (non-hydrogen) atoms. The summed E-state index contributed by atoms with van der Waals surface area (Å²) in [6, 6.07) is -0.252. The monoisotopic (exact) mass is 155 g/mol. The Balaban J connectivity index is 2.39. The normalized spacial score (nSPS) is 23.1. The third-order valence-corrected chi connectivity index (χ3v) is 2.46. The molecule has 0 spiro atoms. The average molecular weight is 155 g/mol. The lowest BCUT2D eigenvalue weighted by atomic mass is 9.84. The first-order valence-corrected chi connectivity index (χ1v) is 4.51. The van der Waals surface area contributed by atoms with Crippen LogP contribution in [0.2, 0.25) is 0 Å². The molecule has 0 unspecified atom stereocenters. The lowest BCUT2D eigenvalue weighted by molar-refractivity contribution is -0.124. The predicted octanol–water partition coefficient (Wildman–Crippen LogP) is 1.48. The van der Waals surface area contributed by atoms with Gasteiger partial charge in [0.05, 0.1) is 6.04 Å². The van der Waals surface area contributed by atoms with Gasteiger partial charge in [-0.05, 0) is 19.8 Å². The Morgan fingerprint density at radius 2 is 1.91 bits per heavy atom. The van der Waals surface area contributed by atoms with E-state index in [0.717, 1.165) is 12.8 Å². The number of ketones is 1. The largest absolute Gasteiger partial charge is 0.322 e. The summed E-state index contributed by atoms with van der Waals surface area (Å²) in [5, 5.41) is 0. The van der Waals surface area contributed by atoms with Gasteiger partial charge in [-0.2, -0.15) is 0 Å². The molecule has 1 aliphatic carbocycles. The molecule has 0 saturated heterocycles. The molecule has 1 rings (SSSR count). The van der Waals surface area contributed by atoms with Gasteiger partial charge in [0.2, 0.25) is 0 Å².